The molecule has 50 heavy (non-hydrogen) atoms. The molecule has 258 valence electrons. The summed E-state index contributed by atoms with van der Waals surface area (Å²) < 4.78 is 53.5. The Balaban J connectivity index is 1.58. The summed E-state index contributed by atoms with van der Waals surface area (Å²) in [4.78, 5) is 9.92. The second kappa shape index (κ2) is 15.4. The average Bonchev–Trinajstić information content (AvgIpc) is 3.13. The minimum Gasteiger partial charge on any atom is -0.324 e. The molecule has 0 unspecified atom stereocenters. The summed E-state index contributed by atoms with van der Waals surface area (Å²) in [6, 6.07) is 30.0. The molecule has 0 atom stereocenters. The standard InChI is InChI=1S/C35H37N9O4S2/c1-23-11-9-10-14-31(23)32-33(43-41-24(2)26-15-19-29(20-16-26)49(45,46)36-4)39-35(38-28-12-7-6-8-13-28)40-34(32)44-42-25(3)27-17-21-30(22-18-27)50(47,48)37-5/h6-22,36-37H,1-5H3,(H3,38,39,40,43,44). The first-order chi connectivity index (χ1) is 23.9. The zero-order chi connectivity index (χ0) is 35.9. The highest BCUT2D eigenvalue weighted by molar-refractivity contribution is 7.89. The first-order valence-electron chi connectivity index (χ1n) is 15.4. The van der Waals surface area contributed by atoms with Gasteiger partial charge < -0.3 is 5.32 Å². The van der Waals surface area contributed by atoms with Gasteiger partial charge in [-0.1, -0.05) is 66.7 Å². The van der Waals surface area contributed by atoms with Crippen molar-refractivity contribution >= 4 is 54.7 Å². The summed E-state index contributed by atoms with van der Waals surface area (Å²) in [6.07, 6.45) is 0. The third kappa shape index (κ3) is 8.38. The van der Waals surface area contributed by atoms with Gasteiger partial charge in [-0.05, 0) is 93.5 Å². The molecule has 0 amide bonds. The third-order valence-electron chi connectivity index (χ3n) is 7.71. The van der Waals surface area contributed by atoms with Gasteiger partial charge in [-0.15, -0.1) is 0 Å². The Bertz CT molecular complexity index is 2140. The van der Waals surface area contributed by atoms with Crippen molar-refractivity contribution in [3.05, 3.63) is 120 Å². The van der Waals surface area contributed by atoms with Crippen LogP contribution in [0, 0.1) is 6.92 Å². The average molecular weight is 712 g/mol. The maximum atomic E-state index is 12.2. The lowest BCUT2D eigenvalue weighted by Crippen LogP contribution is -2.18. The molecule has 5 aromatic rings. The number of anilines is 4. The normalized spacial score (nSPS) is 12.4. The first-order valence-corrected chi connectivity index (χ1v) is 18.4. The Labute approximate surface area is 292 Å². The maximum Gasteiger partial charge on any atom is 0.240 e. The Morgan fingerprint density at radius 1 is 0.600 bits per heavy atom. The molecule has 1 heterocycles. The number of hydrogen-bond acceptors (Lipinski definition) is 11. The first kappa shape index (κ1) is 35.8. The van der Waals surface area contributed by atoms with Crippen molar-refractivity contribution in [2.75, 3.05) is 30.3 Å². The molecule has 0 fully saturated rings. The molecule has 0 bridgehead atoms. The molecule has 5 N–H and O–H groups in total. The van der Waals surface area contributed by atoms with Gasteiger partial charge in [0.05, 0.1) is 26.8 Å². The van der Waals surface area contributed by atoms with Crippen LogP contribution in [0.5, 0.6) is 0 Å². The maximum absolute atomic E-state index is 12.2. The van der Waals surface area contributed by atoms with Crippen LogP contribution in [0.3, 0.4) is 0 Å². The van der Waals surface area contributed by atoms with Crippen LogP contribution in [0.1, 0.15) is 30.5 Å². The molecule has 0 aliphatic rings. The predicted molar refractivity (Wildman–Crippen MR) is 199 cm³/mol. The fraction of sp³-hybridized carbons (Fsp3) is 0.143. The molecule has 0 spiro atoms. The number of sulfonamides is 2. The summed E-state index contributed by atoms with van der Waals surface area (Å²) in [5, 5.41) is 12.5. The van der Waals surface area contributed by atoms with E-state index in [1.807, 2.05) is 61.5 Å². The van der Waals surface area contributed by atoms with Gasteiger partial charge in [-0.25, -0.2) is 26.3 Å². The lowest BCUT2D eigenvalue weighted by molar-refractivity contribution is 0.586. The molecule has 0 saturated heterocycles. The number of nitrogens with zero attached hydrogens (tertiary/aromatic N) is 4. The highest BCUT2D eigenvalue weighted by atomic mass is 32.2. The van der Waals surface area contributed by atoms with E-state index in [9.17, 15) is 16.8 Å². The smallest absolute Gasteiger partial charge is 0.240 e. The largest absolute Gasteiger partial charge is 0.324 e. The lowest BCUT2D eigenvalue weighted by Gasteiger charge is -2.17. The topological polar surface area (TPSA) is 179 Å². The fourth-order valence-electron chi connectivity index (χ4n) is 4.83. The Morgan fingerprint density at radius 3 is 1.48 bits per heavy atom. The number of nitrogens with one attached hydrogen (secondary N) is 5. The predicted octanol–water partition coefficient (Wildman–Crippen LogP) is 5.68. The molecular weight excluding hydrogens is 675 g/mol. The molecule has 0 aliphatic heterocycles. The molecule has 0 radical (unpaired) electrons. The van der Waals surface area contributed by atoms with Gasteiger partial charge in [0.15, 0.2) is 11.6 Å². The number of aryl methyl sites for hydroxylation is 1. The van der Waals surface area contributed by atoms with Crippen molar-refractivity contribution in [3.8, 4) is 11.1 Å². The van der Waals surface area contributed by atoms with E-state index in [1.165, 1.54) is 38.4 Å². The number of benzene rings is 4. The van der Waals surface area contributed by atoms with E-state index in [0.29, 0.717) is 39.7 Å². The molecule has 0 saturated carbocycles. The van der Waals surface area contributed by atoms with Gasteiger partial charge in [0.1, 0.15) is 0 Å². The molecule has 13 nitrogen and oxygen atoms in total. The van der Waals surface area contributed by atoms with Crippen molar-refractivity contribution < 1.29 is 16.8 Å². The monoisotopic (exact) mass is 711 g/mol. The number of hydrazone groups is 2. The zero-order valence-electron chi connectivity index (χ0n) is 28.1. The van der Waals surface area contributed by atoms with Crippen molar-refractivity contribution in [2.45, 2.75) is 30.6 Å². The van der Waals surface area contributed by atoms with Crippen molar-refractivity contribution in [3.63, 3.8) is 0 Å². The van der Waals surface area contributed by atoms with Gasteiger partial charge in [0.25, 0.3) is 0 Å². The lowest BCUT2D eigenvalue weighted by atomic mass is 10.0. The fourth-order valence-corrected chi connectivity index (χ4v) is 6.29. The SMILES string of the molecule is CNS(=O)(=O)c1ccc(C(C)=NNc2nc(Nc3ccccc3)nc(NN=C(C)c3ccc(S(=O)(=O)NC)cc3)c2-c2ccccc2C)cc1. The van der Waals surface area contributed by atoms with Crippen LogP contribution in [0.4, 0.5) is 23.3 Å². The van der Waals surface area contributed by atoms with Crippen LogP contribution in [-0.4, -0.2) is 52.3 Å². The highest BCUT2D eigenvalue weighted by Gasteiger charge is 2.19. The summed E-state index contributed by atoms with van der Waals surface area (Å²) >= 11 is 0. The quantitative estimate of drug-likeness (QED) is 0.0759. The molecule has 4 aromatic carbocycles. The molecule has 5 rings (SSSR count). The van der Waals surface area contributed by atoms with E-state index in [-0.39, 0.29) is 15.7 Å². The van der Waals surface area contributed by atoms with Crippen LogP contribution in [0.2, 0.25) is 0 Å². The Kier molecular flexibility index (Phi) is 11.0. The van der Waals surface area contributed by atoms with Crippen LogP contribution in [0.25, 0.3) is 11.1 Å². The van der Waals surface area contributed by atoms with Crippen LogP contribution < -0.4 is 25.6 Å². The molecule has 15 heteroatoms. The van der Waals surface area contributed by atoms with Gasteiger partial charge in [0, 0.05) is 5.69 Å². The van der Waals surface area contributed by atoms with E-state index in [4.69, 9.17) is 9.97 Å². The summed E-state index contributed by atoms with van der Waals surface area (Å²) in [6.45, 7) is 5.57. The van der Waals surface area contributed by atoms with Crippen LogP contribution in [-0.2, 0) is 20.0 Å². The number of hydrogen-bond donors (Lipinski definition) is 5. The van der Waals surface area contributed by atoms with Gasteiger partial charge in [-0.2, -0.15) is 20.2 Å². The third-order valence-corrected chi connectivity index (χ3v) is 10.6. The van der Waals surface area contributed by atoms with E-state index < -0.39 is 20.0 Å². The van der Waals surface area contributed by atoms with Crippen LogP contribution >= 0.6 is 0 Å². The van der Waals surface area contributed by atoms with E-state index in [1.54, 1.807) is 38.1 Å². The highest BCUT2D eigenvalue weighted by Crippen LogP contribution is 2.36. The minimum absolute atomic E-state index is 0.143. The van der Waals surface area contributed by atoms with Gasteiger partial charge in [-0.3, -0.25) is 10.9 Å². The van der Waals surface area contributed by atoms with Crippen molar-refractivity contribution in [1.82, 2.24) is 19.4 Å². The second-order valence-corrected chi connectivity index (χ2v) is 14.8. The summed E-state index contributed by atoms with van der Waals surface area (Å²) in [5.74, 6) is 1.01. The number of para-hydroxylation sites is 1. The van der Waals surface area contributed by atoms with Crippen molar-refractivity contribution in [1.29, 1.82) is 0 Å². The van der Waals surface area contributed by atoms with Crippen LogP contribution in [0.15, 0.2) is 123 Å². The zero-order valence-corrected chi connectivity index (χ0v) is 29.7. The van der Waals surface area contributed by atoms with Crippen molar-refractivity contribution in [2.24, 2.45) is 10.2 Å². The van der Waals surface area contributed by atoms with E-state index in [0.717, 1.165) is 16.8 Å². The molecular formula is C35H37N9O4S2. The molecule has 0 aliphatic carbocycles. The minimum atomic E-state index is -3.58. The Morgan fingerprint density at radius 2 is 1.04 bits per heavy atom. The number of rotatable bonds is 13. The van der Waals surface area contributed by atoms with Gasteiger partial charge >= 0.3 is 0 Å². The second-order valence-electron chi connectivity index (χ2n) is 11.0. The molecule has 1 aromatic heterocycles. The number of aromatic nitrogens is 2. The van der Waals surface area contributed by atoms with Gasteiger partial charge in [0.2, 0.25) is 26.0 Å². The Hall–Kier alpha value is -5.48. The van der Waals surface area contributed by atoms with E-state index in [2.05, 4.69) is 35.8 Å². The van der Waals surface area contributed by atoms with E-state index >= 15 is 0 Å². The summed E-state index contributed by atoms with van der Waals surface area (Å²) in [7, 11) is -4.44. The summed E-state index contributed by atoms with van der Waals surface area (Å²) in [5.41, 5.74) is 11.9.